The van der Waals surface area contributed by atoms with Gasteiger partial charge in [-0.3, -0.25) is 0 Å². The maximum atomic E-state index is 12.0. The van der Waals surface area contributed by atoms with Crippen LogP contribution in [-0.2, 0) is 0 Å². The Morgan fingerprint density at radius 2 is 1.11 bits per heavy atom. The highest BCUT2D eigenvalue weighted by Crippen LogP contribution is 2.54. The minimum Gasteiger partial charge on any atom is -0.328 e. The van der Waals surface area contributed by atoms with Gasteiger partial charge < -0.3 is 5.21 Å². The van der Waals surface area contributed by atoms with Crippen molar-refractivity contribution in [3.8, 4) is 0 Å². The van der Waals surface area contributed by atoms with E-state index in [9.17, 15) is 39.5 Å². The summed E-state index contributed by atoms with van der Waals surface area (Å²) in [5.41, 5.74) is -5.55. The zero-order valence-corrected chi connectivity index (χ0v) is 8.84. The van der Waals surface area contributed by atoms with Gasteiger partial charge in [-0.05, 0) is 0 Å². The van der Waals surface area contributed by atoms with Crippen LogP contribution >= 0.6 is 9.24 Å². The molecule has 0 aliphatic carbocycles. The molecule has 0 aliphatic heterocycles. The van der Waals surface area contributed by atoms with Gasteiger partial charge in [-0.15, -0.1) is 10.1 Å². The second-order valence-corrected chi connectivity index (χ2v) is 3.23. The van der Waals surface area contributed by atoms with E-state index in [1.54, 1.807) is 0 Å². The van der Waals surface area contributed by atoms with Gasteiger partial charge in [0.2, 0.25) is 0 Å². The van der Waals surface area contributed by atoms with Gasteiger partial charge in [0.1, 0.15) is 0 Å². The fraction of sp³-hybridized carbons (Fsp3) is 1.00. The first kappa shape index (κ1) is 19.3. The van der Waals surface area contributed by atoms with Crippen molar-refractivity contribution in [3.63, 3.8) is 0 Å². The molecule has 0 radical (unpaired) electrons. The van der Waals surface area contributed by atoms with E-state index in [1.807, 2.05) is 0 Å². The van der Waals surface area contributed by atoms with Crippen molar-refractivity contribution < 1.29 is 49.8 Å². The van der Waals surface area contributed by atoms with Crippen LogP contribution in [0.2, 0.25) is 0 Å². The minimum atomic E-state index is -6.79. The van der Waals surface area contributed by atoms with Crippen molar-refractivity contribution in [1.82, 2.24) is 0 Å². The second kappa shape index (κ2) is 5.33. The SMILES string of the molecule is FC(F)(F)C(F)(F)C(F)(F)C(F)(F)P.O=[N+]([O-])O. The lowest BCUT2D eigenvalue weighted by molar-refractivity contribution is -0.742. The van der Waals surface area contributed by atoms with E-state index in [0.717, 1.165) is 0 Å². The Bertz CT molecular complexity index is 269. The average Bonchev–Trinajstić information content (AvgIpc) is 1.97. The van der Waals surface area contributed by atoms with E-state index < -0.39 is 28.8 Å². The lowest BCUT2D eigenvalue weighted by Crippen LogP contribution is -2.58. The molecular formula is C4H3F9NO3P. The van der Waals surface area contributed by atoms with Crippen molar-refractivity contribution >= 4 is 9.24 Å². The van der Waals surface area contributed by atoms with Crippen LogP contribution < -0.4 is 0 Å². The van der Waals surface area contributed by atoms with Crippen molar-refractivity contribution in [2.45, 2.75) is 23.7 Å². The van der Waals surface area contributed by atoms with Gasteiger partial charge >= 0.3 is 23.7 Å². The third kappa shape index (κ3) is 4.35. The molecule has 0 bridgehead atoms. The Morgan fingerprint density at radius 3 is 1.17 bits per heavy atom. The monoisotopic (exact) mass is 315 g/mol. The predicted octanol–water partition coefficient (Wildman–Crippen LogP) is 2.94. The minimum absolute atomic E-state index is 0.0576. The number of alkyl halides is 9. The van der Waals surface area contributed by atoms with Gasteiger partial charge in [-0.1, -0.05) is 9.24 Å². The third-order valence-corrected chi connectivity index (χ3v) is 1.53. The summed E-state index contributed by atoms with van der Waals surface area (Å²) in [6.45, 7) is 0. The first-order chi connectivity index (χ1) is 7.48. The van der Waals surface area contributed by atoms with Gasteiger partial charge in [0.25, 0.3) is 5.09 Å². The van der Waals surface area contributed by atoms with Crippen LogP contribution in [-0.4, -0.2) is 34.0 Å². The third-order valence-electron chi connectivity index (χ3n) is 1.17. The first-order valence-corrected chi connectivity index (χ1v) is 3.88. The molecule has 0 rings (SSSR count). The molecule has 0 heterocycles. The number of hydrogen-bond donors (Lipinski definition) is 1. The quantitative estimate of drug-likeness (QED) is 0.369. The lowest BCUT2D eigenvalue weighted by Gasteiger charge is -2.31. The van der Waals surface area contributed by atoms with Crippen LogP contribution in [0.4, 0.5) is 39.5 Å². The Balaban J connectivity index is 0. The number of halogens is 9. The van der Waals surface area contributed by atoms with Crippen molar-refractivity contribution in [3.05, 3.63) is 10.1 Å². The van der Waals surface area contributed by atoms with E-state index in [-0.39, 0.29) is 9.24 Å². The topological polar surface area (TPSA) is 63.4 Å². The van der Waals surface area contributed by atoms with Crippen molar-refractivity contribution in [1.29, 1.82) is 0 Å². The zero-order valence-electron chi connectivity index (χ0n) is 7.69. The smallest absolute Gasteiger partial charge is 0.328 e. The molecule has 18 heavy (non-hydrogen) atoms. The molecule has 0 saturated carbocycles. The summed E-state index contributed by atoms with van der Waals surface area (Å²) in [5.74, 6) is -13.3. The Kier molecular flexibility index (Phi) is 5.72. The average molecular weight is 315 g/mol. The largest absolute Gasteiger partial charge is 0.460 e. The second-order valence-electron chi connectivity index (χ2n) is 2.51. The molecule has 0 amide bonds. The maximum Gasteiger partial charge on any atom is 0.460 e. The Hall–Kier alpha value is -1.00. The van der Waals surface area contributed by atoms with Gasteiger partial charge in [-0.25, -0.2) is 0 Å². The van der Waals surface area contributed by atoms with Gasteiger partial charge in [0.15, 0.2) is 0 Å². The lowest BCUT2D eigenvalue weighted by atomic mass is 10.1. The molecular weight excluding hydrogens is 312 g/mol. The number of hydrogen-bond acceptors (Lipinski definition) is 2. The molecule has 0 spiro atoms. The number of rotatable bonds is 2. The normalized spacial score (nSPS) is 13.7. The van der Waals surface area contributed by atoms with Crippen LogP contribution in [0.3, 0.4) is 0 Å². The van der Waals surface area contributed by atoms with Gasteiger partial charge in [0, 0.05) is 0 Å². The standard InChI is InChI=1S/C4H2F9P.HNO3/c5-1(6,3(9,10)11)2(7,8)4(12,13)14;2-1(3)4/h14H2;(H,2,3,4). The van der Waals surface area contributed by atoms with Gasteiger partial charge in [-0.2, -0.15) is 39.5 Å². The molecule has 0 aromatic heterocycles. The summed E-state index contributed by atoms with van der Waals surface area (Å²) in [7, 11) is -0.0576. The van der Waals surface area contributed by atoms with Crippen molar-refractivity contribution in [2.24, 2.45) is 0 Å². The highest BCUT2D eigenvalue weighted by atomic mass is 31.0. The summed E-state index contributed by atoms with van der Waals surface area (Å²) < 4.78 is 105. The van der Waals surface area contributed by atoms with Crippen LogP contribution in [0.5, 0.6) is 0 Å². The maximum absolute atomic E-state index is 12.0. The molecule has 110 valence electrons. The molecule has 14 heteroatoms. The fourth-order valence-electron chi connectivity index (χ4n) is 0.387. The number of nitrogens with zero attached hydrogens (tertiary/aromatic N) is 1. The van der Waals surface area contributed by atoms with E-state index in [0.29, 0.717) is 0 Å². The van der Waals surface area contributed by atoms with Crippen LogP contribution in [0.25, 0.3) is 0 Å². The summed E-state index contributed by atoms with van der Waals surface area (Å²) in [5, 5.41) is 13.6. The van der Waals surface area contributed by atoms with Crippen LogP contribution in [0.15, 0.2) is 0 Å². The van der Waals surface area contributed by atoms with E-state index in [4.69, 9.17) is 15.3 Å². The van der Waals surface area contributed by atoms with Crippen LogP contribution in [0.1, 0.15) is 0 Å². The van der Waals surface area contributed by atoms with E-state index in [2.05, 4.69) is 0 Å². The van der Waals surface area contributed by atoms with E-state index in [1.165, 1.54) is 0 Å². The molecule has 0 aliphatic rings. The molecule has 0 aromatic carbocycles. The highest BCUT2D eigenvalue weighted by molar-refractivity contribution is 7.18. The fourth-order valence-corrected chi connectivity index (χ4v) is 0.569. The first-order valence-electron chi connectivity index (χ1n) is 3.30. The summed E-state index contributed by atoms with van der Waals surface area (Å²) in [6.07, 6.45) is -6.74. The molecule has 1 unspecified atom stereocenters. The molecule has 0 saturated heterocycles. The molecule has 4 nitrogen and oxygen atoms in total. The molecule has 1 N–H and O–H groups in total. The summed E-state index contributed by atoms with van der Waals surface area (Å²) in [6, 6.07) is 0. The molecule has 1 atom stereocenters. The van der Waals surface area contributed by atoms with Gasteiger partial charge in [0.05, 0.1) is 0 Å². The Labute approximate surface area is 94.1 Å². The zero-order chi connectivity index (χ0) is 15.6. The predicted molar refractivity (Wildman–Crippen MR) is 39.4 cm³/mol. The molecule has 0 aromatic rings. The molecule has 0 fully saturated rings. The van der Waals surface area contributed by atoms with Crippen LogP contribution in [0, 0.1) is 10.1 Å². The summed E-state index contributed by atoms with van der Waals surface area (Å²) in [4.78, 5) is 8.36. The highest BCUT2D eigenvalue weighted by Gasteiger charge is 2.80. The van der Waals surface area contributed by atoms with E-state index >= 15 is 0 Å². The Morgan fingerprint density at radius 1 is 0.889 bits per heavy atom. The van der Waals surface area contributed by atoms with Crippen molar-refractivity contribution in [2.75, 3.05) is 0 Å². The summed E-state index contributed by atoms with van der Waals surface area (Å²) >= 11 is 0.